The molecule has 0 aromatic carbocycles. The minimum absolute atomic E-state index is 0.0411. The van der Waals surface area contributed by atoms with Gasteiger partial charge in [-0.15, -0.1) is 0 Å². The second-order valence-electron chi connectivity index (χ2n) is 11.3. The number of ether oxygens (including phenoxy) is 2. The van der Waals surface area contributed by atoms with E-state index in [1.807, 2.05) is 0 Å². The van der Waals surface area contributed by atoms with Crippen LogP contribution in [0, 0.1) is 23.7 Å². The van der Waals surface area contributed by atoms with E-state index in [4.69, 9.17) is 9.47 Å². The zero-order valence-electron chi connectivity index (χ0n) is 22.6. The van der Waals surface area contributed by atoms with Crippen LogP contribution < -0.4 is 9.47 Å². The summed E-state index contributed by atoms with van der Waals surface area (Å²) in [6.45, 7) is 5.16. The Labute approximate surface area is 215 Å². The summed E-state index contributed by atoms with van der Waals surface area (Å²) in [5.41, 5.74) is 0. The molecule has 3 rings (SSSR count). The topological polar surface area (TPSA) is 48.4 Å². The molecule has 0 radical (unpaired) electrons. The number of carbonyl (C=O) groups is 1. The van der Waals surface area contributed by atoms with Crippen LogP contribution in [0.2, 0.25) is 0 Å². The van der Waals surface area contributed by atoms with Crippen molar-refractivity contribution in [2.24, 2.45) is 23.7 Å². The van der Waals surface area contributed by atoms with E-state index in [1.165, 1.54) is 89.9 Å². The molecule has 0 aliphatic heterocycles. The summed E-state index contributed by atoms with van der Waals surface area (Å²) in [7, 11) is 0. The second kappa shape index (κ2) is 16.2. The maximum absolute atomic E-state index is 12.7. The van der Waals surface area contributed by atoms with Crippen molar-refractivity contribution in [3.8, 4) is 11.6 Å². The lowest BCUT2D eigenvalue weighted by molar-refractivity contribution is -0.140. The van der Waals surface area contributed by atoms with Gasteiger partial charge in [0.05, 0.1) is 18.7 Å². The molecule has 2 fully saturated rings. The van der Waals surface area contributed by atoms with Crippen molar-refractivity contribution in [2.45, 2.75) is 129 Å². The van der Waals surface area contributed by atoms with Gasteiger partial charge in [0, 0.05) is 6.07 Å². The molecule has 4 heteroatoms. The number of nitrogens with zero attached hydrogens (tertiary/aromatic N) is 1. The van der Waals surface area contributed by atoms with Gasteiger partial charge in [0.15, 0.2) is 0 Å². The molecular formula is C31H51NO3. The van der Waals surface area contributed by atoms with Gasteiger partial charge in [0.25, 0.3) is 0 Å². The fraction of sp³-hybridized carbons (Fsp3) is 0.806. The van der Waals surface area contributed by atoms with Gasteiger partial charge in [-0.3, -0.25) is 4.79 Å². The zero-order chi connectivity index (χ0) is 24.7. The SMILES string of the molecule is CCCCCC[C@H]1CC[C@H](CC[C@H]2CC[C@H](C(=O)Oc3ccc(OCCCCC)nc3)CC2)CC1. The monoisotopic (exact) mass is 485 g/mol. The molecule has 0 spiro atoms. The molecule has 2 saturated carbocycles. The summed E-state index contributed by atoms with van der Waals surface area (Å²) in [4.78, 5) is 17.0. The van der Waals surface area contributed by atoms with Gasteiger partial charge in [-0.2, -0.15) is 0 Å². The molecule has 4 nitrogen and oxygen atoms in total. The standard InChI is InChI=1S/C31H51NO3/c1-3-5-7-8-10-25-11-13-26(14-12-25)15-16-27-17-19-28(20-18-27)31(33)35-29-21-22-30(32-24-29)34-23-9-6-4-2/h21-22,24-28H,3-20,23H2,1-2H3/t25-,26-,27-,28-. The van der Waals surface area contributed by atoms with Crippen molar-refractivity contribution in [3.63, 3.8) is 0 Å². The molecule has 0 N–H and O–H groups in total. The third-order valence-corrected chi connectivity index (χ3v) is 8.52. The number of esters is 1. The number of hydrogen-bond acceptors (Lipinski definition) is 4. The minimum atomic E-state index is -0.0841. The van der Waals surface area contributed by atoms with Crippen molar-refractivity contribution in [3.05, 3.63) is 18.3 Å². The van der Waals surface area contributed by atoms with Gasteiger partial charge in [0.1, 0.15) is 5.75 Å². The van der Waals surface area contributed by atoms with Crippen molar-refractivity contribution in [1.29, 1.82) is 0 Å². The van der Waals surface area contributed by atoms with E-state index >= 15 is 0 Å². The van der Waals surface area contributed by atoms with Crippen LogP contribution in [0.3, 0.4) is 0 Å². The van der Waals surface area contributed by atoms with Crippen LogP contribution in [0.25, 0.3) is 0 Å². The van der Waals surface area contributed by atoms with Crippen molar-refractivity contribution < 1.29 is 14.3 Å². The van der Waals surface area contributed by atoms with Gasteiger partial charge in [0.2, 0.25) is 5.88 Å². The van der Waals surface area contributed by atoms with Crippen LogP contribution in [0.4, 0.5) is 0 Å². The van der Waals surface area contributed by atoms with E-state index in [-0.39, 0.29) is 11.9 Å². The maximum atomic E-state index is 12.7. The zero-order valence-corrected chi connectivity index (χ0v) is 22.6. The van der Waals surface area contributed by atoms with E-state index in [0.29, 0.717) is 18.2 Å². The quantitative estimate of drug-likeness (QED) is 0.184. The summed E-state index contributed by atoms with van der Waals surface area (Å²) >= 11 is 0. The third kappa shape index (κ3) is 10.5. The average molecular weight is 486 g/mol. The van der Waals surface area contributed by atoms with Crippen LogP contribution >= 0.6 is 0 Å². The van der Waals surface area contributed by atoms with Gasteiger partial charge in [-0.05, 0) is 55.9 Å². The molecule has 2 aliphatic carbocycles. The normalized spacial score (nSPS) is 24.7. The number of aromatic nitrogens is 1. The summed E-state index contributed by atoms with van der Waals surface area (Å²) < 4.78 is 11.3. The van der Waals surface area contributed by atoms with E-state index in [1.54, 1.807) is 18.3 Å². The highest BCUT2D eigenvalue weighted by Gasteiger charge is 2.29. The predicted octanol–water partition coefficient (Wildman–Crippen LogP) is 8.92. The molecular weight excluding hydrogens is 434 g/mol. The summed E-state index contributed by atoms with van der Waals surface area (Å²) in [6.07, 6.45) is 25.0. The maximum Gasteiger partial charge on any atom is 0.314 e. The van der Waals surface area contributed by atoms with E-state index in [2.05, 4.69) is 18.8 Å². The lowest BCUT2D eigenvalue weighted by atomic mass is 9.75. The Bertz CT molecular complexity index is 688. The van der Waals surface area contributed by atoms with Crippen molar-refractivity contribution in [1.82, 2.24) is 4.98 Å². The van der Waals surface area contributed by atoms with Crippen LogP contribution in [-0.2, 0) is 4.79 Å². The lowest BCUT2D eigenvalue weighted by Gasteiger charge is -2.31. The number of carbonyl (C=O) groups excluding carboxylic acids is 1. The van der Waals surface area contributed by atoms with Gasteiger partial charge in [-0.25, -0.2) is 4.98 Å². The molecule has 198 valence electrons. The van der Waals surface area contributed by atoms with E-state index in [9.17, 15) is 4.79 Å². The first-order valence-electron chi connectivity index (χ1n) is 15.0. The highest BCUT2D eigenvalue weighted by molar-refractivity contribution is 5.75. The molecule has 2 aliphatic rings. The molecule has 0 unspecified atom stereocenters. The number of hydrogen-bond donors (Lipinski definition) is 0. The van der Waals surface area contributed by atoms with Crippen LogP contribution in [0.1, 0.15) is 129 Å². The summed E-state index contributed by atoms with van der Waals surface area (Å²) in [5, 5.41) is 0. The Kier molecular flexibility index (Phi) is 13.0. The van der Waals surface area contributed by atoms with Gasteiger partial charge < -0.3 is 9.47 Å². The van der Waals surface area contributed by atoms with Crippen LogP contribution in [0.5, 0.6) is 11.6 Å². The summed E-state index contributed by atoms with van der Waals surface area (Å²) in [5.74, 6) is 3.85. The highest BCUT2D eigenvalue weighted by atomic mass is 16.5. The number of rotatable bonds is 15. The molecule has 1 aromatic rings. The molecule has 1 heterocycles. The average Bonchev–Trinajstić information content (AvgIpc) is 2.90. The Balaban J connectivity index is 1.26. The molecule has 0 saturated heterocycles. The summed E-state index contributed by atoms with van der Waals surface area (Å²) in [6, 6.07) is 3.59. The Morgan fingerprint density at radius 1 is 0.771 bits per heavy atom. The number of unbranched alkanes of at least 4 members (excludes halogenated alkanes) is 5. The minimum Gasteiger partial charge on any atom is -0.478 e. The fourth-order valence-electron chi connectivity index (χ4n) is 6.07. The fourth-order valence-corrected chi connectivity index (χ4v) is 6.07. The molecule has 0 atom stereocenters. The first-order valence-corrected chi connectivity index (χ1v) is 15.0. The second-order valence-corrected chi connectivity index (χ2v) is 11.3. The van der Waals surface area contributed by atoms with E-state index in [0.717, 1.165) is 43.4 Å². The first-order chi connectivity index (χ1) is 17.2. The van der Waals surface area contributed by atoms with Gasteiger partial charge in [-0.1, -0.05) is 97.3 Å². The third-order valence-electron chi connectivity index (χ3n) is 8.52. The molecule has 35 heavy (non-hydrogen) atoms. The Morgan fingerprint density at radius 2 is 1.37 bits per heavy atom. The van der Waals surface area contributed by atoms with Crippen molar-refractivity contribution in [2.75, 3.05) is 6.61 Å². The van der Waals surface area contributed by atoms with Crippen LogP contribution in [0.15, 0.2) is 18.3 Å². The molecule has 1 aromatic heterocycles. The lowest BCUT2D eigenvalue weighted by Crippen LogP contribution is -2.26. The number of pyridine rings is 1. The predicted molar refractivity (Wildman–Crippen MR) is 144 cm³/mol. The first kappa shape index (κ1) is 28.0. The highest BCUT2D eigenvalue weighted by Crippen LogP contribution is 2.38. The molecule has 0 amide bonds. The van der Waals surface area contributed by atoms with Gasteiger partial charge >= 0.3 is 5.97 Å². The smallest absolute Gasteiger partial charge is 0.314 e. The molecule has 0 bridgehead atoms. The largest absolute Gasteiger partial charge is 0.478 e. The van der Waals surface area contributed by atoms with Crippen molar-refractivity contribution >= 4 is 5.97 Å². The Morgan fingerprint density at radius 3 is 1.97 bits per heavy atom. The Hall–Kier alpha value is -1.58. The van der Waals surface area contributed by atoms with E-state index < -0.39 is 0 Å². The van der Waals surface area contributed by atoms with Crippen LogP contribution in [-0.4, -0.2) is 17.6 Å².